The van der Waals surface area contributed by atoms with Crippen LogP contribution in [0.3, 0.4) is 0 Å². The fourth-order valence-corrected chi connectivity index (χ4v) is 4.27. The van der Waals surface area contributed by atoms with Crippen molar-refractivity contribution < 1.29 is 0 Å². The highest BCUT2D eigenvalue weighted by molar-refractivity contribution is 6.23. The minimum absolute atomic E-state index is 0.967. The number of nitrogens with zero attached hydrogens (tertiary/aromatic N) is 2. The van der Waals surface area contributed by atoms with E-state index in [0.29, 0.717) is 0 Å². The predicted molar refractivity (Wildman–Crippen MR) is 117 cm³/mol. The van der Waals surface area contributed by atoms with Gasteiger partial charge in [-0.05, 0) is 61.6 Å². The maximum Gasteiger partial charge on any atom is 0.116 e. The van der Waals surface area contributed by atoms with Gasteiger partial charge < -0.3 is 0 Å². The molecule has 28 heavy (non-hydrogen) atoms. The molecular formula is C26H16N2. The molecule has 6 aromatic rings. The summed E-state index contributed by atoms with van der Waals surface area (Å²) in [6.45, 7) is 0. The van der Waals surface area contributed by atoms with E-state index in [1.165, 1.54) is 43.4 Å². The van der Waals surface area contributed by atoms with E-state index in [0.717, 1.165) is 10.9 Å². The van der Waals surface area contributed by atoms with Crippen LogP contribution in [0.25, 0.3) is 54.3 Å². The van der Waals surface area contributed by atoms with Crippen LogP contribution in [0.2, 0.25) is 0 Å². The van der Waals surface area contributed by atoms with Crippen molar-refractivity contribution in [2.75, 3.05) is 0 Å². The van der Waals surface area contributed by atoms with Crippen LogP contribution in [0.15, 0.2) is 97.5 Å². The molecule has 2 nitrogen and oxygen atoms in total. The second-order valence-electron chi connectivity index (χ2n) is 7.15. The van der Waals surface area contributed by atoms with Gasteiger partial charge in [0.1, 0.15) is 6.33 Å². The third-order valence-electron chi connectivity index (χ3n) is 5.56. The van der Waals surface area contributed by atoms with E-state index in [4.69, 9.17) is 0 Å². The van der Waals surface area contributed by atoms with Gasteiger partial charge in [0.05, 0.1) is 5.52 Å². The Kier molecular flexibility index (Phi) is 3.20. The van der Waals surface area contributed by atoms with Crippen LogP contribution in [0.1, 0.15) is 0 Å². The Bertz CT molecular complexity index is 1520. The summed E-state index contributed by atoms with van der Waals surface area (Å²) in [6.07, 6.45) is 3.47. The Morgan fingerprint density at radius 2 is 1.36 bits per heavy atom. The normalized spacial score (nSPS) is 11.6. The summed E-state index contributed by atoms with van der Waals surface area (Å²) < 4.78 is 0. The van der Waals surface area contributed by atoms with E-state index in [-0.39, 0.29) is 0 Å². The lowest BCUT2D eigenvalue weighted by atomic mass is 9.90. The van der Waals surface area contributed by atoms with E-state index in [1.807, 2.05) is 6.20 Å². The largest absolute Gasteiger partial charge is 0.244 e. The lowest BCUT2D eigenvalue weighted by Gasteiger charge is -2.13. The molecule has 0 unspecified atom stereocenters. The molecule has 130 valence electrons. The molecule has 0 aliphatic carbocycles. The number of rotatable bonds is 1. The van der Waals surface area contributed by atoms with Crippen LogP contribution in [0, 0.1) is 0 Å². The molecule has 0 saturated heterocycles. The third-order valence-corrected chi connectivity index (χ3v) is 5.56. The van der Waals surface area contributed by atoms with Gasteiger partial charge in [0, 0.05) is 11.6 Å². The maximum atomic E-state index is 4.35. The molecule has 1 heterocycles. The first-order valence-electron chi connectivity index (χ1n) is 9.42. The fraction of sp³-hybridized carbons (Fsp3) is 0. The molecule has 0 fully saturated rings. The van der Waals surface area contributed by atoms with Gasteiger partial charge in [0.15, 0.2) is 0 Å². The lowest BCUT2D eigenvalue weighted by molar-refractivity contribution is 1.22. The summed E-state index contributed by atoms with van der Waals surface area (Å²) in [5.74, 6) is 0. The Balaban J connectivity index is 1.76. The average molecular weight is 356 g/mol. The zero-order valence-electron chi connectivity index (χ0n) is 15.1. The predicted octanol–water partition coefficient (Wildman–Crippen LogP) is 6.76. The standard InChI is InChI=1S/C26H16N2/c1-2-6-21-17(5-1)9-10-19-14-24(22-7-3-4-8-23(22)26(19)21)18-11-12-25-20(13-18)15-27-16-28-25/h1-16H. The maximum absolute atomic E-state index is 4.35. The van der Waals surface area contributed by atoms with Crippen LogP contribution in [-0.4, -0.2) is 9.97 Å². The van der Waals surface area contributed by atoms with Crippen molar-refractivity contribution in [3.05, 3.63) is 97.5 Å². The number of benzene rings is 5. The van der Waals surface area contributed by atoms with E-state index in [1.54, 1.807) is 6.33 Å². The van der Waals surface area contributed by atoms with Crippen LogP contribution >= 0.6 is 0 Å². The lowest BCUT2D eigenvalue weighted by Crippen LogP contribution is -1.87. The highest BCUT2D eigenvalue weighted by atomic mass is 14.8. The van der Waals surface area contributed by atoms with Crippen LogP contribution < -0.4 is 0 Å². The molecule has 0 aliphatic rings. The van der Waals surface area contributed by atoms with Gasteiger partial charge in [0.2, 0.25) is 0 Å². The highest BCUT2D eigenvalue weighted by Crippen LogP contribution is 2.38. The van der Waals surface area contributed by atoms with Crippen molar-refractivity contribution in [1.82, 2.24) is 9.97 Å². The molecule has 0 amide bonds. The molecule has 6 rings (SSSR count). The van der Waals surface area contributed by atoms with Gasteiger partial charge in [-0.25, -0.2) is 9.97 Å². The molecule has 0 aliphatic heterocycles. The van der Waals surface area contributed by atoms with E-state index < -0.39 is 0 Å². The molecule has 2 heteroatoms. The summed E-state index contributed by atoms with van der Waals surface area (Å²) >= 11 is 0. The van der Waals surface area contributed by atoms with E-state index in [2.05, 4.69) is 94.9 Å². The van der Waals surface area contributed by atoms with Gasteiger partial charge in [0.25, 0.3) is 0 Å². The minimum atomic E-state index is 0.967. The summed E-state index contributed by atoms with van der Waals surface area (Å²) in [7, 11) is 0. The summed E-state index contributed by atoms with van der Waals surface area (Å²) in [6, 6.07) is 30.5. The zero-order chi connectivity index (χ0) is 18.5. The number of hydrogen-bond donors (Lipinski definition) is 0. The summed E-state index contributed by atoms with van der Waals surface area (Å²) in [5, 5.41) is 8.77. The Hall–Kier alpha value is -3.78. The van der Waals surface area contributed by atoms with Crippen molar-refractivity contribution in [3.63, 3.8) is 0 Å². The zero-order valence-corrected chi connectivity index (χ0v) is 15.1. The van der Waals surface area contributed by atoms with Gasteiger partial charge in [-0.2, -0.15) is 0 Å². The van der Waals surface area contributed by atoms with Crippen molar-refractivity contribution >= 4 is 43.2 Å². The second kappa shape index (κ2) is 5.86. The average Bonchev–Trinajstić information content (AvgIpc) is 2.78. The fourth-order valence-electron chi connectivity index (χ4n) is 4.27. The van der Waals surface area contributed by atoms with Gasteiger partial charge >= 0.3 is 0 Å². The van der Waals surface area contributed by atoms with Gasteiger partial charge in [-0.1, -0.05) is 66.7 Å². The van der Waals surface area contributed by atoms with Crippen molar-refractivity contribution in [2.24, 2.45) is 0 Å². The molecule has 5 aromatic carbocycles. The molecule has 0 atom stereocenters. The highest BCUT2D eigenvalue weighted by Gasteiger charge is 2.11. The van der Waals surface area contributed by atoms with Crippen molar-refractivity contribution in [1.29, 1.82) is 0 Å². The first kappa shape index (κ1) is 15.3. The van der Waals surface area contributed by atoms with E-state index >= 15 is 0 Å². The van der Waals surface area contributed by atoms with Gasteiger partial charge in [-0.3, -0.25) is 0 Å². The van der Waals surface area contributed by atoms with Gasteiger partial charge in [-0.15, -0.1) is 0 Å². The molecule has 0 spiro atoms. The quantitative estimate of drug-likeness (QED) is 0.304. The molecule has 0 saturated carbocycles. The van der Waals surface area contributed by atoms with Crippen LogP contribution in [0.4, 0.5) is 0 Å². The smallest absolute Gasteiger partial charge is 0.116 e. The topological polar surface area (TPSA) is 25.8 Å². The Morgan fingerprint density at radius 1 is 0.571 bits per heavy atom. The first-order chi connectivity index (χ1) is 13.9. The monoisotopic (exact) mass is 356 g/mol. The van der Waals surface area contributed by atoms with Crippen LogP contribution in [0.5, 0.6) is 0 Å². The van der Waals surface area contributed by atoms with Crippen molar-refractivity contribution in [3.8, 4) is 11.1 Å². The second-order valence-corrected chi connectivity index (χ2v) is 7.15. The Labute approximate surface area is 162 Å². The molecule has 0 radical (unpaired) electrons. The molecule has 0 bridgehead atoms. The molecule has 1 aromatic heterocycles. The summed E-state index contributed by atoms with van der Waals surface area (Å²) in [4.78, 5) is 8.53. The van der Waals surface area contributed by atoms with E-state index in [9.17, 15) is 0 Å². The SMILES string of the molecule is c1ccc2c(c1)ccc1cc(-c3ccc4ncncc4c3)c3ccccc3c12. The summed E-state index contributed by atoms with van der Waals surface area (Å²) in [5.41, 5.74) is 3.40. The first-order valence-corrected chi connectivity index (χ1v) is 9.42. The number of fused-ring (bicyclic) bond motifs is 6. The molecule has 0 N–H and O–H groups in total. The molecular weight excluding hydrogens is 340 g/mol. The Morgan fingerprint density at radius 3 is 2.29 bits per heavy atom. The third kappa shape index (κ3) is 2.21. The van der Waals surface area contributed by atoms with Crippen LogP contribution in [-0.2, 0) is 0 Å². The number of aromatic nitrogens is 2. The van der Waals surface area contributed by atoms with Crippen molar-refractivity contribution in [2.45, 2.75) is 0 Å². The minimum Gasteiger partial charge on any atom is -0.244 e. The number of hydrogen-bond acceptors (Lipinski definition) is 2.